The molecule has 0 aromatic carbocycles. The summed E-state index contributed by atoms with van der Waals surface area (Å²) >= 11 is 0. The van der Waals surface area contributed by atoms with Gasteiger partial charge in [-0.15, -0.1) is 0 Å². The van der Waals surface area contributed by atoms with Crippen molar-refractivity contribution >= 4 is 0 Å². The van der Waals surface area contributed by atoms with E-state index in [1.807, 2.05) is 6.92 Å². The molecule has 0 fully saturated rings. The van der Waals surface area contributed by atoms with Crippen LogP contribution in [0.15, 0.2) is 0 Å². The molecule has 3 heteroatoms. The number of aliphatic hydroxyl groups is 1. The Hall–Kier alpha value is -0.150. The second-order valence-electron chi connectivity index (χ2n) is 1.10. The van der Waals surface area contributed by atoms with E-state index in [0.717, 1.165) is 0 Å². The van der Waals surface area contributed by atoms with Gasteiger partial charge in [-0.2, -0.15) is 0 Å². The van der Waals surface area contributed by atoms with E-state index >= 15 is 0 Å². The van der Waals surface area contributed by atoms with E-state index in [-0.39, 0.29) is 0 Å². The average Bonchev–Trinajstić information content (AvgIpc) is 1.91. The van der Waals surface area contributed by atoms with E-state index in [1.165, 1.54) is 7.11 Å². The van der Waals surface area contributed by atoms with Gasteiger partial charge < -0.3 is 9.84 Å². The van der Waals surface area contributed by atoms with Crippen molar-refractivity contribution in [1.82, 2.24) is 0 Å². The van der Waals surface area contributed by atoms with E-state index in [9.17, 15) is 4.39 Å². The molecule has 0 saturated carbocycles. The normalized spacial score (nSPS) is 11.6. The Morgan fingerprint density at radius 2 is 2.00 bits per heavy atom. The Bertz CT molecular complexity index is 29.6. The van der Waals surface area contributed by atoms with Crippen LogP contribution in [-0.4, -0.2) is 25.7 Å². The van der Waals surface area contributed by atoms with E-state index in [1.54, 1.807) is 0 Å². The zero-order valence-corrected chi connectivity index (χ0v) is 5.52. The number of halogens is 1. The van der Waals surface area contributed by atoms with Crippen LogP contribution in [0.5, 0.6) is 0 Å². The summed E-state index contributed by atoms with van der Waals surface area (Å²) in [6, 6.07) is 0. The first-order chi connectivity index (χ1) is 3.81. The molecule has 0 spiro atoms. The number of methoxy groups -OCH3 is 1. The van der Waals surface area contributed by atoms with Crippen molar-refractivity contribution < 1.29 is 14.2 Å². The van der Waals surface area contributed by atoms with Crippen LogP contribution in [0.3, 0.4) is 0 Å². The van der Waals surface area contributed by atoms with Gasteiger partial charge in [0.2, 0.25) is 0 Å². The van der Waals surface area contributed by atoms with E-state index in [4.69, 9.17) is 5.11 Å². The molecular weight excluding hydrogens is 111 g/mol. The first-order valence-electron chi connectivity index (χ1n) is 2.40. The van der Waals surface area contributed by atoms with Gasteiger partial charge in [0.1, 0.15) is 0 Å². The maximum Gasteiger partial charge on any atom is 0.153 e. The molecule has 0 rings (SSSR count). The highest BCUT2D eigenvalue weighted by molar-refractivity contribution is 4.26. The third-order valence-corrected chi connectivity index (χ3v) is 0.621. The molecule has 0 heterocycles. The Labute approximate surface area is 49.3 Å². The number of aliphatic hydroxyl groups excluding tert-OH is 1. The molecule has 0 aromatic rings. The van der Waals surface area contributed by atoms with Gasteiger partial charge in [-0.3, -0.25) is 4.39 Å². The summed E-state index contributed by atoms with van der Waals surface area (Å²) in [5.74, 6) is 0. The topological polar surface area (TPSA) is 29.5 Å². The van der Waals surface area contributed by atoms with Crippen LogP contribution in [0.1, 0.15) is 13.3 Å². The lowest BCUT2D eigenvalue weighted by Gasteiger charge is -2.00. The summed E-state index contributed by atoms with van der Waals surface area (Å²) in [7, 11) is 1.98. The molecule has 0 amide bonds. The Morgan fingerprint density at radius 1 is 1.62 bits per heavy atom. The van der Waals surface area contributed by atoms with Crippen LogP contribution in [0.2, 0.25) is 0 Å². The zero-order chi connectivity index (χ0) is 6.99. The fraction of sp³-hybridized carbons (Fsp3) is 1.00. The molecule has 1 N–H and O–H groups in total. The predicted molar refractivity (Wildman–Crippen MR) is 30.3 cm³/mol. The van der Waals surface area contributed by atoms with Crippen molar-refractivity contribution in [1.29, 1.82) is 0 Å². The highest BCUT2D eigenvalue weighted by Crippen LogP contribution is 1.85. The third kappa shape index (κ3) is 9.28. The minimum absolute atomic E-state index is 0.500. The van der Waals surface area contributed by atoms with Crippen LogP contribution in [0.25, 0.3) is 0 Å². The first kappa shape index (κ1) is 10.8. The molecule has 1 unspecified atom stereocenters. The fourth-order valence-corrected chi connectivity index (χ4v) is 0.167. The Balaban J connectivity index is 0. The van der Waals surface area contributed by atoms with Gasteiger partial charge in [0.25, 0.3) is 0 Å². The highest BCUT2D eigenvalue weighted by Gasteiger charge is 1.90. The van der Waals surface area contributed by atoms with Crippen LogP contribution < -0.4 is 0 Å². The van der Waals surface area contributed by atoms with Gasteiger partial charge in [-0.1, -0.05) is 6.92 Å². The lowest BCUT2D eigenvalue weighted by molar-refractivity contribution is -0.0748. The molecule has 0 saturated heterocycles. The van der Waals surface area contributed by atoms with Gasteiger partial charge in [-0.25, -0.2) is 0 Å². The third-order valence-electron chi connectivity index (χ3n) is 0.621. The van der Waals surface area contributed by atoms with Crippen molar-refractivity contribution in [3.05, 3.63) is 0 Å². The summed E-state index contributed by atoms with van der Waals surface area (Å²) in [6.07, 6.45) is 0.0984. The first-order valence-corrected chi connectivity index (χ1v) is 2.40. The van der Waals surface area contributed by atoms with Gasteiger partial charge >= 0.3 is 0 Å². The Morgan fingerprint density at radius 3 is 2.00 bits per heavy atom. The standard InChI is InChI=1S/C4H10O2.CH3F/c1-3-4(5)6-2;1-2/h4-5H,3H2,1-2H3;1H3. The molecule has 0 bridgehead atoms. The monoisotopic (exact) mass is 124 g/mol. The molecule has 2 nitrogen and oxygen atoms in total. The zero-order valence-electron chi connectivity index (χ0n) is 5.52. The average molecular weight is 124 g/mol. The molecule has 0 aliphatic rings. The molecule has 8 heavy (non-hydrogen) atoms. The van der Waals surface area contributed by atoms with Crippen LogP contribution >= 0.6 is 0 Å². The van der Waals surface area contributed by atoms with Crippen molar-refractivity contribution in [2.45, 2.75) is 19.6 Å². The molecule has 52 valence electrons. The van der Waals surface area contributed by atoms with Crippen molar-refractivity contribution in [2.75, 3.05) is 14.3 Å². The number of ether oxygens (including phenoxy) is 1. The lowest BCUT2D eigenvalue weighted by Crippen LogP contribution is -2.05. The minimum atomic E-state index is -0.565. The van der Waals surface area contributed by atoms with E-state index in [2.05, 4.69) is 4.74 Å². The van der Waals surface area contributed by atoms with Gasteiger partial charge in [0.15, 0.2) is 6.29 Å². The van der Waals surface area contributed by atoms with Crippen molar-refractivity contribution in [2.24, 2.45) is 0 Å². The fourth-order valence-electron chi connectivity index (χ4n) is 0.167. The molecule has 0 aliphatic carbocycles. The van der Waals surface area contributed by atoms with E-state index < -0.39 is 6.29 Å². The number of hydrogen-bond donors (Lipinski definition) is 1. The van der Waals surface area contributed by atoms with E-state index in [0.29, 0.717) is 13.6 Å². The van der Waals surface area contributed by atoms with Crippen LogP contribution in [0.4, 0.5) is 4.39 Å². The van der Waals surface area contributed by atoms with Gasteiger partial charge in [-0.05, 0) is 6.42 Å². The maximum absolute atomic E-state index is 9.50. The number of rotatable bonds is 2. The minimum Gasteiger partial charge on any atom is -0.368 e. The molecule has 0 radical (unpaired) electrons. The molecule has 0 aromatic heterocycles. The smallest absolute Gasteiger partial charge is 0.153 e. The summed E-state index contributed by atoms with van der Waals surface area (Å²) < 4.78 is 14.0. The van der Waals surface area contributed by atoms with Gasteiger partial charge in [0, 0.05) is 7.11 Å². The summed E-state index contributed by atoms with van der Waals surface area (Å²) in [6.45, 7) is 1.86. The summed E-state index contributed by atoms with van der Waals surface area (Å²) in [5.41, 5.74) is 0. The largest absolute Gasteiger partial charge is 0.368 e. The SMILES string of the molecule is CCC(O)OC.CF. The molecular formula is C5H13FO2. The van der Waals surface area contributed by atoms with Crippen molar-refractivity contribution in [3.8, 4) is 0 Å². The number of alkyl halides is 1. The quantitative estimate of drug-likeness (QED) is 0.555. The highest BCUT2D eigenvalue weighted by atomic mass is 19.1. The summed E-state index contributed by atoms with van der Waals surface area (Å²) in [5, 5.41) is 8.44. The molecule has 1 atom stereocenters. The van der Waals surface area contributed by atoms with Crippen molar-refractivity contribution in [3.63, 3.8) is 0 Å². The molecule has 0 aliphatic heterocycles. The maximum atomic E-state index is 9.50. The predicted octanol–water partition coefficient (Wildman–Crippen LogP) is 0.947. The Kier molecular flexibility index (Phi) is 13.4. The number of hydrogen-bond acceptors (Lipinski definition) is 2. The lowest BCUT2D eigenvalue weighted by atomic mass is 10.5. The second kappa shape index (κ2) is 9.97. The van der Waals surface area contributed by atoms with Crippen LogP contribution in [0, 0.1) is 0 Å². The van der Waals surface area contributed by atoms with Gasteiger partial charge in [0.05, 0.1) is 7.18 Å². The van der Waals surface area contributed by atoms with Crippen LogP contribution in [-0.2, 0) is 4.74 Å². The second-order valence-corrected chi connectivity index (χ2v) is 1.10. The summed E-state index contributed by atoms with van der Waals surface area (Å²) in [4.78, 5) is 0.